The summed E-state index contributed by atoms with van der Waals surface area (Å²) in [5.74, 6) is -0.0530. The number of benzene rings is 1. The Balaban J connectivity index is 2.37. The minimum atomic E-state index is -3.67. The summed E-state index contributed by atoms with van der Waals surface area (Å²) in [5, 5.41) is 0. The summed E-state index contributed by atoms with van der Waals surface area (Å²) in [7, 11) is -3.67. The quantitative estimate of drug-likeness (QED) is 0.723. The van der Waals surface area contributed by atoms with E-state index in [0.717, 1.165) is 25.3 Å². The molecular formula is C14H19ClFNO2S. The maximum Gasteiger partial charge on any atom is 0.243 e. The molecule has 0 spiro atoms. The van der Waals surface area contributed by atoms with Crippen LogP contribution in [0.5, 0.6) is 0 Å². The predicted octanol–water partition coefficient (Wildman–Crippen LogP) is 3.38. The van der Waals surface area contributed by atoms with E-state index in [0.29, 0.717) is 24.6 Å². The summed E-state index contributed by atoms with van der Waals surface area (Å²) in [4.78, 5) is 0.00148. The number of alkyl halides is 1. The lowest BCUT2D eigenvalue weighted by Crippen LogP contribution is -2.34. The molecule has 0 saturated heterocycles. The third-order valence-corrected chi connectivity index (χ3v) is 5.66. The van der Waals surface area contributed by atoms with E-state index >= 15 is 0 Å². The second-order valence-electron chi connectivity index (χ2n) is 5.19. The van der Waals surface area contributed by atoms with Crippen LogP contribution in [0.3, 0.4) is 0 Å². The number of sulfonamides is 1. The van der Waals surface area contributed by atoms with Crippen molar-refractivity contribution >= 4 is 21.6 Å². The second kappa shape index (κ2) is 6.41. The molecule has 1 aromatic rings. The molecule has 20 heavy (non-hydrogen) atoms. The molecule has 2 rings (SSSR count). The summed E-state index contributed by atoms with van der Waals surface area (Å²) in [6, 6.07) is 3.75. The highest BCUT2D eigenvalue weighted by Gasteiger charge is 2.32. The first kappa shape index (κ1) is 15.7. The van der Waals surface area contributed by atoms with Gasteiger partial charge in [-0.15, -0.1) is 11.6 Å². The molecule has 0 bridgehead atoms. The zero-order valence-corrected chi connectivity index (χ0v) is 13.1. The highest BCUT2D eigenvalue weighted by atomic mass is 35.5. The maximum atomic E-state index is 13.4. The summed E-state index contributed by atoms with van der Waals surface area (Å²) in [5.41, 5.74) is 0.449. The Morgan fingerprint density at radius 3 is 2.65 bits per heavy atom. The molecule has 0 radical (unpaired) electrons. The molecule has 0 N–H and O–H groups in total. The SMILES string of the molecule is CCCN(CC1CC1)S(=O)(=O)c1cc(F)ccc1CCl. The predicted molar refractivity (Wildman–Crippen MR) is 77.7 cm³/mol. The van der Waals surface area contributed by atoms with Crippen molar-refractivity contribution in [3.63, 3.8) is 0 Å². The van der Waals surface area contributed by atoms with Gasteiger partial charge < -0.3 is 0 Å². The van der Waals surface area contributed by atoms with Gasteiger partial charge in [0.2, 0.25) is 10.0 Å². The summed E-state index contributed by atoms with van der Waals surface area (Å²) in [6.07, 6.45) is 2.87. The zero-order valence-electron chi connectivity index (χ0n) is 11.5. The molecule has 0 unspecified atom stereocenters. The van der Waals surface area contributed by atoms with E-state index in [1.807, 2.05) is 6.92 Å². The van der Waals surface area contributed by atoms with Crippen LogP contribution in [-0.2, 0) is 15.9 Å². The van der Waals surface area contributed by atoms with E-state index in [2.05, 4.69) is 0 Å². The molecule has 1 fully saturated rings. The number of rotatable bonds is 7. The largest absolute Gasteiger partial charge is 0.243 e. The van der Waals surface area contributed by atoms with Crippen LogP contribution in [0.4, 0.5) is 4.39 Å². The van der Waals surface area contributed by atoms with Crippen molar-refractivity contribution < 1.29 is 12.8 Å². The molecule has 1 saturated carbocycles. The topological polar surface area (TPSA) is 37.4 Å². The van der Waals surface area contributed by atoms with Gasteiger partial charge in [0.15, 0.2) is 0 Å². The molecule has 6 heteroatoms. The Bertz CT molecular complexity index is 573. The first-order chi connectivity index (χ1) is 9.48. The van der Waals surface area contributed by atoms with Gasteiger partial charge in [0.25, 0.3) is 0 Å². The molecule has 0 heterocycles. The molecular weight excluding hydrogens is 301 g/mol. The van der Waals surface area contributed by atoms with Crippen LogP contribution in [0.2, 0.25) is 0 Å². The smallest absolute Gasteiger partial charge is 0.207 e. The zero-order chi connectivity index (χ0) is 14.8. The minimum absolute atomic E-state index is 0.00148. The Hall–Kier alpha value is -0.650. The van der Waals surface area contributed by atoms with Gasteiger partial charge in [-0.1, -0.05) is 13.0 Å². The van der Waals surface area contributed by atoms with E-state index in [4.69, 9.17) is 11.6 Å². The Labute approximate surface area is 124 Å². The van der Waals surface area contributed by atoms with Crippen molar-refractivity contribution in [2.75, 3.05) is 13.1 Å². The molecule has 112 valence electrons. The Kier molecular flexibility index (Phi) is 5.04. The van der Waals surface area contributed by atoms with Gasteiger partial charge in [-0.25, -0.2) is 12.8 Å². The van der Waals surface area contributed by atoms with Crippen molar-refractivity contribution in [2.45, 2.75) is 37.0 Å². The fourth-order valence-corrected chi connectivity index (χ4v) is 4.32. The van der Waals surface area contributed by atoms with Crippen LogP contribution in [-0.4, -0.2) is 25.8 Å². The third kappa shape index (κ3) is 3.51. The van der Waals surface area contributed by atoms with Crippen molar-refractivity contribution in [1.82, 2.24) is 4.31 Å². The van der Waals surface area contributed by atoms with Crippen LogP contribution >= 0.6 is 11.6 Å². The number of nitrogens with zero attached hydrogens (tertiary/aromatic N) is 1. The van der Waals surface area contributed by atoms with Crippen molar-refractivity contribution in [2.24, 2.45) is 5.92 Å². The number of halogens is 2. The molecule has 3 nitrogen and oxygen atoms in total. The lowest BCUT2D eigenvalue weighted by Gasteiger charge is -2.22. The fraction of sp³-hybridized carbons (Fsp3) is 0.571. The molecule has 0 aromatic heterocycles. The van der Waals surface area contributed by atoms with E-state index < -0.39 is 15.8 Å². The third-order valence-electron chi connectivity index (χ3n) is 3.42. The van der Waals surface area contributed by atoms with Crippen molar-refractivity contribution in [1.29, 1.82) is 0 Å². The summed E-state index contributed by atoms with van der Waals surface area (Å²) < 4.78 is 40.3. The van der Waals surface area contributed by atoms with Crippen molar-refractivity contribution in [3.8, 4) is 0 Å². The van der Waals surface area contributed by atoms with Crippen LogP contribution in [0.1, 0.15) is 31.7 Å². The van der Waals surface area contributed by atoms with Crippen molar-refractivity contribution in [3.05, 3.63) is 29.6 Å². The van der Waals surface area contributed by atoms with Crippen LogP contribution in [0, 0.1) is 11.7 Å². The van der Waals surface area contributed by atoms with E-state index in [1.165, 1.54) is 16.4 Å². The minimum Gasteiger partial charge on any atom is -0.207 e. The maximum absolute atomic E-state index is 13.4. The first-order valence-corrected chi connectivity index (χ1v) is 8.81. The lowest BCUT2D eigenvalue weighted by atomic mass is 10.2. The highest BCUT2D eigenvalue weighted by molar-refractivity contribution is 7.89. The lowest BCUT2D eigenvalue weighted by molar-refractivity contribution is 0.395. The Morgan fingerprint density at radius 2 is 2.10 bits per heavy atom. The summed E-state index contributed by atoms with van der Waals surface area (Å²) >= 11 is 5.78. The fourth-order valence-electron chi connectivity index (χ4n) is 2.17. The van der Waals surface area contributed by atoms with Gasteiger partial charge in [0.1, 0.15) is 5.82 Å². The number of hydrogen-bond donors (Lipinski definition) is 0. The van der Waals surface area contributed by atoms with Gasteiger partial charge in [-0.2, -0.15) is 4.31 Å². The summed E-state index contributed by atoms with van der Waals surface area (Å²) in [6.45, 7) is 2.91. The highest BCUT2D eigenvalue weighted by Crippen LogP contribution is 2.32. The average Bonchev–Trinajstić information content (AvgIpc) is 3.22. The van der Waals surface area contributed by atoms with Crippen LogP contribution in [0.15, 0.2) is 23.1 Å². The van der Waals surface area contributed by atoms with Gasteiger partial charge in [-0.3, -0.25) is 0 Å². The van der Waals surface area contributed by atoms with E-state index in [9.17, 15) is 12.8 Å². The molecule has 0 amide bonds. The molecule has 1 aliphatic rings. The molecule has 1 aromatic carbocycles. The van der Waals surface area contributed by atoms with Crippen LogP contribution in [0.25, 0.3) is 0 Å². The normalized spacial score (nSPS) is 15.8. The first-order valence-electron chi connectivity index (χ1n) is 6.83. The molecule has 0 atom stereocenters. The van der Waals surface area contributed by atoms with Gasteiger partial charge >= 0.3 is 0 Å². The van der Waals surface area contributed by atoms with Gasteiger partial charge in [0.05, 0.1) is 4.90 Å². The number of hydrogen-bond acceptors (Lipinski definition) is 2. The van der Waals surface area contributed by atoms with E-state index in [1.54, 1.807) is 0 Å². The molecule has 0 aliphatic heterocycles. The van der Waals surface area contributed by atoms with Gasteiger partial charge in [0, 0.05) is 19.0 Å². The Morgan fingerprint density at radius 1 is 1.40 bits per heavy atom. The average molecular weight is 320 g/mol. The van der Waals surface area contributed by atoms with Gasteiger partial charge in [-0.05, 0) is 42.9 Å². The molecule has 1 aliphatic carbocycles. The van der Waals surface area contributed by atoms with E-state index in [-0.39, 0.29) is 10.8 Å². The van der Waals surface area contributed by atoms with Crippen LogP contribution < -0.4 is 0 Å². The second-order valence-corrected chi connectivity index (χ2v) is 7.37. The monoisotopic (exact) mass is 319 g/mol. The standard InChI is InChI=1S/C14H19ClFNO2S/c1-2-7-17(10-11-3-4-11)20(18,19)14-8-13(16)6-5-12(14)9-15/h5-6,8,11H,2-4,7,9-10H2,1H3.